The molecule has 3 N–H and O–H groups in total. The molecule has 0 aliphatic carbocycles. The van der Waals surface area contributed by atoms with Crippen molar-refractivity contribution in [1.29, 1.82) is 0 Å². The number of carboxylic acid groups (broad SMARTS) is 1. The zero-order valence-corrected chi connectivity index (χ0v) is 10.4. The molecule has 0 heterocycles. The van der Waals surface area contributed by atoms with E-state index in [-0.39, 0.29) is 11.8 Å². The quantitative estimate of drug-likeness (QED) is 0.631. The van der Waals surface area contributed by atoms with Crippen molar-refractivity contribution in [3.63, 3.8) is 0 Å². The third-order valence-corrected chi connectivity index (χ3v) is 3.86. The first-order valence-electron chi connectivity index (χ1n) is 4.82. The summed E-state index contributed by atoms with van der Waals surface area (Å²) in [5.41, 5.74) is -1.36. The van der Waals surface area contributed by atoms with Crippen molar-refractivity contribution >= 4 is 13.6 Å². The van der Waals surface area contributed by atoms with Crippen LogP contribution >= 0.6 is 7.60 Å². The fraction of sp³-hybridized carbons (Fsp3) is 0.889. The van der Waals surface area contributed by atoms with E-state index < -0.39 is 25.1 Å². The zero-order chi connectivity index (χ0) is 12.4. The Labute approximate surface area is 89.7 Å². The molecule has 5 nitrogen and oxygen atoms in total. The van der Waals surface area contributed by atoms with E-state index in [0.29, 0.717) is 0 Å². The summed E-state index contributed by atoms with van der Waals surface area (Å²) in [4.78, 5) is 29.1. The Morgan fingerprint density at radius 2 is 1.53 bits per heavy atom. The Bertz CT molecular complexity index is 270. The molecular formula is C9H19O5P. The summed E-state index contributed by atoms with van der Waals surface area (Å²) in [6.45, 7) is 6.68. The Hall–Kier alpha value is -0.380. The van der Waals surface area contributed by atoms with Crippen molar-refractivity contribution in [2.75, 3.05) is 6.16 Å². The molecule has 0 spiro atoms. The van der Waals surface area contributed by atoms with Crippen molar-refractivity contribution in [2.45, 2.75) is 27.7 Å². The standard InChI is InChI=1S/C9H19O5P/c1-6(2)9(7(3)4,8(10)11)5-15(12,13)14/h6-7H,5H2,1-4H3,(H,10,11)(H2,12,13,14). The molecule has 90 valence electrons. The number of carbonyl (C=O) groups is 1. The average Bonchev–Trinajstić information content (AvgIpc) is 1.96. The largest absolute Gasteiger partial charge is 0.481 e. The highest BCUT2D eigenvalue weighted by Crippen LogP contribution is 2.49. The highest BCUT2D eigenvalue weighted by Gasteiger charge is 2.48. The van der Waals surface area contributed by atoms with E-state index in [1.54, 1.807) is 27.7 Å². The van der Waals surface area contributed by atoms with Gasteiger partial charge in [0.2, 0.25) is 0 Å². The number of carboxylic acids is 1. The number of hydrogen-bond donors (Lipinski definition) is 3. The number of aliphatic carboxylic acids is 1. The van der Waals surface area contributed by atoms with Crippen LogP contribution in [0.4, 0.5) is 0 Å². The van der Waals surface area contributed by atoms with Gasteiger partial charge in [0.05, 0.1) is 11.6 Å². The van der Waals surface area contributed by atoms with Crippen molar-refractivity contribution in [3.05, 3.63) is 0 Å². The highest BCUT2D eigenvalue weighted by molar-refractivity contribution is 7.51. The molecule has 0 amide bonds. The summed E-state index contributed by atoms with van der Waals surface area (Å²) in [6.07, 6.45) is -0.606. The summed E-state index contributed by atoms with van der Waals surface area (Å²) in [5, 5.41) is 9.18. The van der Waals surface area contributed by atoms with Gasteiger partial charge in [0.1, 0.15) is 0 Å². The van der Waals surface area contributed by atoms with Crippen LogP contribution in [0.1, 0.15) is 27.7 Å². The van der Waals surface area contributed by atoms with Crippen LogP contribution in [0.15, 0.2) is 0 Å². The van der Waals surface area contributed by atoms with Gasteiger partial charge in [0.25, 0.3) is 0 Å². The smallest absolute Gasteiger partial charge is 0.326 e. The molecule has 0 bridgehead atoms. The van der Waals surface area contributed by atoms with Crippen molar-refractivity contribution in [1.82, 2.24) is 0 Å². The normalized spacial score (nSPS) is 13.6. The van der Waals surface area contributed by atoms with Crippen molar-refractivity contribution < 1.29 is 24.3 Å². The molecule has 6 heteroatoms. The molecule has 0 aromatic heterocycles. The summed E-state index contributed by atoms with van der Waals surface area (Å²) in [7, 11) is -4.33. The third kappa shape index (κ3) is 3.30. The van der Waals surface area contributed by atoms with Gasteiger partial charge in [-0.05, 0) is 11.8 Å². The predicted molar refractivity (Wildman–Crippen MR) is 56.7 cm³/mol. The van der Waals surface area contributed by atoms with Crippen molar-refractivity contribution in [3.8, 4) is 0 Å². The summed E-state index contributed by atoms with van der Waals surface area (Å²) in [5.74, 6) is -1.80. The van der Waals surface area contributed by atoms with E-state index in [1.165, 1.54) is 0 Å². The van der Waals surface area contributed by atoms with Gasteiger partial charge in [-0.25, -0.2) is 0 Å². The van der Waals surface area contributed by atoms with Crippen LogP contribution < -0.4 is 0 Å². The lowest BCUT2D eigenvalue weighted by molar-refractivity contribution is -0.153. The van der Waals surface area contributed by atoms with Crippen LogP contribution in [-0.2, 0) is 9.36 Å². The fourth-order valence-electron chi connectivity index (χ4n) is 1.93. The fourth-order valence-corrected chi connectivity index (χ4v) is 3.48. The van der Waals surface area contributed by atoms with Gasteiger partial charge < -0.3 is 14.9 Å². The molecule has 0 atom stereocenters. The first-order valence-corrected chi connectivity index (χ1v) is 6.61. The second-order valence-electron chi connectivity index (χ2n) is 4.48. The third-order valence-electron chi connectivity index (χ3n) is 2.93. The minimum absolute atomic E-state index is 0.331. The van der Waals surface area contributed by atoms with E-state index >= 15 is 0 Å². The van der Waals surface area contributed by atoms with Crippen LogP contribution in [0, 0.1) is 17.3 Å². The number of hydrogen-bond acceptors (Lipinski definition) is 2. The van der Waals surface area contributed by atoms with Crippen LogP contribution in [0.2, 0.25) is 0 Å². The second-order valence-corrected chi connectivity index (χ2v) is 6.12. The second kappa shape index (κ2) is 4.64. The molecule has 0 aliphatic heterocycles. The number of rotatable bonds is 5. The lowest BCUT2D eigenvalue weighted by Gasteiger charge is -2.37. The predicted octanol–water partition coefficient (Wildman–Crippen LogP) is 1.55. The SMILES string of the molecule is CC(C)C(CP(=O)(O)O)(C(=O)O)C(C)C. The summed E-state index contributed by atoms with van der Waals surface area (Å²) < 4.78 is 11.0. The van der Waals surface area contributed by atoms with Crippen LogP contribution in [-0.4, -0.2) is 27.0 Å². The van der Waals surface area contributed by atoms with Crippen LogP contribution in [0.3, 0.4) is 0 Å². The maximum absolute atomic E-state index is 11.2. The Balaban J connectivity index is 5.34. The zero-order valence-electron chi connectivity index (χ0n) is 9.47. The van der Waals surface area contributed by atoms with Crippen LogP contribution in [0.5, 0.6) is 0 Å². The molecule has 0 rings (SSSR count). The van der Waals surface area contributed by atoms with Gasteiger partial charge in [0.15, 0.2) is 0 Å². The van der Waals surface area contributed by atoms with Gasteiger partial charge >= 0.3 is 13.6 Å². The molecule has 0 aromatic rings. The maximum atomic E-state index is 11.2. The van der Waals surface area contributed by atoms with Gasteiger partial charge in [0, 0.05) is 0 Å². The first-order chi connectivity index (χ1) is 6.54. The molecule has 0 saturated heterocycles. The van der Waals surface area contributed by atoms with Crippen LogP contribution in [0.25, 0.3) is 0 Å². The monoisotopic (exact) mass is 238 g/mol. The van der Waals surface area contributed by atoms with E-state index in [2.05, 4.69) is 0 Å². The molecule has 0 fully saturated rings. The van der Waals surface area contributed by atoms with Gasteiger partial charge in [-0.3, -0.25) is 9.36 Å². The van der Waals surface area contributed by atoms with E-state index in [4.69, 9.17) is 9.79 Å². The highest BCUT2D eigenvalue weighted by atomic mass is 31.2. The minimum Gasteiger partial charge on any atom is -0.481 e. The minimum atomic E-state index is -4.33. The van der Waals surface area contributed by atoms with Gasteiger partial charge in [-0.1, -0.05) is 27.7 Å². The lowest BCUT2D eigenvalue weighted by atomic mass is 9.70. The molecule has 0 unspecified atom stereocenters. The van der Waals surface area contributed by atoms with E-state index in [9.17, 15) is 14.5 Å². The topological polar surface area (TPSA) is 94.8 Å². The maximum Gasteiger partial charge on any atom is 0.326 e. The van der Waals surface area contributed by atoms with E-state index in [1.807, 2.05) is 0 Å². The summed E-state index contributed by atoms with van der Waals surface area (Å²) >= 11 is 0. The lowest BCUT2D eigenvalue weighted by Crippen LogP contribution is -2.44. The molecular weight excluding hydrogens is 219 g/mol. The average molecular weight is 238 g/mol. The Morgan fingerprint density at radius 3 is 1.60 bits per heavy atom. The molecule has 0 radical (unpaired) electrons. The Kier molecular flexibility index (Phi) is 4.52. The summed E-state index contributed by atoms with van der Waals surface area (Å²) in [6, 6.07) is 0. The Morgan fingerprint density at radius 1 is 1.20 bits per heavy atom. The first kappa shape index (κ1) is 14.6. The molecule has 0 saturated carbocycles. The van der Waals surface area contributed by atoms with Crippen molar-refractivity contribution in [2.24, 2.45) is 17.3 Å². The van der Waals surface area contributed by atoms with Gasteiger partial charge in [-0.2, -0.15) is 0 Å². The molecule has 0 aromatic carbocycles. The van der Waals surface area contributed by atoms with Gasteiger partial charge in [-0.15, -0.1) is 0 Å². The molecule has 0 aliphatic rings. The van der Waals surface area contributed by atoms with E-state index in [0.717, 1.165) is 0 Å². The molecule has 15 heavy (non-hydrogen) atoms.